The minimum absolute atomic E-state index is 0.642. The molecule has 2 nitrogen and oxygen atoms in total. The van der Waals surface area contributed by atoms with Gasteiger partial charge in [-0.1, -0.05) is 13.3 Å². The third-order valence-corrected chi connectivity index (χ3v) is 1.79. The normalized spacial score (nSPS) is 12.0. The highest BCUT2D eigenvalue weighted by Crippen LogP contribution is 2.24. The van der Waals surface area contributed by atoms with Crippen molar-refractivity contribution in [2.24, 2.45) is 0 Å². The van der Waals surface area contributed by atoms with E-state index in [0.717, 1.165) is 12.8 Å². The molecular formula is C8H18O2S. The van der Waals surface area contributed by atoms with E-state index in [4.69, 9.17) is 9.47 Å². The first-order valence-corrected chi connectivity index (χ1v) is 4.63. The molecule has 0 aromatic carbocycles. The van der Waals surface area contributed by atoms with Crippen molar-refractivity contribution in [3.63, 3.8) is 0 Å². The molecule has 0 atom stereocenters. The number of rotatable bonds is 6. The van der Waals surface area contributed by atoms with Crippen LogP contribution < -0.4 is 0 Å². The second kappa shape index (κ2) is 5.86. The van der Waals surface area contributed by atoms with Crippen LogP contribution in [0.3, 0.4) is 0 Å². The number of thiol groups is 1. The van der Waals surface area contributed by atoms with E-state index < -0.39 is 5.12 Å². The van der Waals surface area contributed by atoms with Gasteiger partial charge in [-0.2, -0.15) is 0 Å². The van der Waals surface area contributed by atoms with Crippen molar-refractivity contribution in [1.82, 2.24) is 0 Å². The quantitative estimate of drug-likeness (QED) is 0.497. The molecule has 0 amide bonds. The second-order valence-corrected chi connectivity index (χ2v) is 3.01. The van der Waals surface area contributed by atoms with Crippen LogP contribution in [0.1, 0.15) is 33.6 Å². The maximum absolute atomic E-state index is 5.35. The molecular weight excluding hydrogens is 160 g/mol. The molecule has 0 aromatic heterocycles. The number of hydrogen-bond acceptors (Lipinski definition) is 3. The van der Waals surface area contributed by atoms with Crippen LogP contribution in [0.2, 0.25) is 0 Å². The molecule has 11 heavy (non-hydrogen) atoms. The largest absolute Gasteiger partial charge is 0.342 e. The van der Waals surface area contributed by atoms with Gasteiger partial charge in [0.25, 0.3) is 0 Å². The van der Waals surface area contributed by atoms with Crippen molar-refractivity contribution >= 4 is 12.6 Å². The van der Waals surface area contributed by atoms with E-state index in [1.807, 2.05) is 13.8 Å². The standard InChI is InChI=1S/C8H18O2S/c1-4-7-8(11,9-5-2)10-6-3/h11H,4-7H2,1-3H3. The monoisotopic (exact) mass is 178 g/mol. The average Bonchev–Trinajstić information content (AvgIpc) is 1.88. The first-order chi connectivity index (χ1) is 5.18. The zero-order valence-electron chi connectivity index (χ0n) is 7.59. The maximum atomic E-state index is 5.35. The van der Waals surface area contributed by atoms with Crippen LogP contribution in [-0.2, 0) is 9.47 Å². The molecule has 0 spiro atoms. The van der Waals surface area contributed by atoms with E-state index in [0.29, 0.717) is 13.2 Å². The minimum Gasteiger partial charge on any atom is -0.342 e. The van der Waals surface area contributed by atoms with Crippen molar-refractivity contribution < 1.29 is 9.47 Å². The minimum atomic E-state index is -0.655. The Hall–Kier alpha value is 0.270. The Balaban J connectivity index is 3.79. The van der Waals surface area contributed by atoms with Gasteiger partial charge in [-0.3, -0.25) is 0 Å². The zero-order chi connectivity index (χ0) is 8.74. The fourth-order valence-corrected chi connectivity index (χ4v) is 1.43. The summed E-state index contributed by atoms with van der Waals surface area (Å²) in [6.07, 6.45) is 1.85. The lowest BCUT2D eigenvalue weighted by Gasteiger charge is -2.27. The van der Waals surface area contributed by atoms with Gasteiger partial charge in [0.15, 0.2) is 0 Å². The maximum Gasteiger partial charge on any atom is 0.215 e. The first-order valence-electron chi connectivity index (χ1n) is 4.18. The smallest absolute Gasteiger partial charge is 0.215 e. The molecule has 0 fully saturated rings. The van der Waals surface area contributed by atoms with E-state index in [9.17, 15) is 0 Å². The number of hydrogen-bond donors (Lipinski definition) is 1. The van der Waals surface area contributed by atoms with Crippen LogP contribution in [0, 0.1) is 0 Å². The molecule has 0 bridgehead atoms. The van der Waals surface area contributed by atoms with Crippen molar-refractivity contribution in [3.8, 4) is 0 Å². The van der Waals surface area contributed by atoms with Gasteiger partial charge in [0, 0.05) is 19.6 Å². The summed E-state index contributed by atoms with van der Waals surface area (Å²) < 4.78 is 10.7. The second-order valence-electron chi connectivity index (χ2n) is 2.33. The Morgan fingerprint density at radius 2 is 1.55 bits per heavy atom. The molecule has 0 aliphatic carbocycles. The summed E-state index contributed by atoms with van der Waals surface area (Å²) in [5, 5.41) is -0.655. The van der Waals surface area contributed by atoms with Crippen LogP contribution in [-0.4, -0.2) is 18.3 Å². The van der Waals surface area contributed by atoms with Gasteiger partial charge >= 0.3 is 0 Å². The van der Waals surface area contributed by atoms with Crippen LogP contribution >= 0.6 is 12.6 Å². The summed E-state index contributed by atoms with van der Waals surface area (Å²) >= 11 is 4.31. The summed E-state index contributed by atoms with van der Waals surface area (Å²) in [5.41, 5.74) is 0. The van der Waals surface area contributed by atoms with Crippen LogP contribution in [0.5, 0.6) is 0 Å². The highest BCUT2D eigenvalue weighted by Gasteiger charge is 2.24. The average molecular weight is 178 g/mol. The molecule has 0 radical (unpaired) electrons. The predicted molar refractivity (Wildman–Crippen MR) is 49.9 cm³/mol. The van der Waals surface area contributed by atoms with E-state index in [1.165, 1.54) is 0 Å². The predicted octanol–water partition coefficient (Wildman–Crippen LogP) is 2.44. The molecule has 0 saturated carbocycles. The molecule has 3 heteroatoms. The van der Waals surface area contributed by atoms with E-state index in [2.05, 4.69) is 19.6 Å². The molecule has 0 N–H and O–H groups in total. The van der Waals surface area contributed by atoms with Gasteiger partial charge in [-0.25, -0.2) is 0 Å². The molecule has 0 aliphatic heterocycles. The summed E-state index contributed by atoms with van der Waals surface area (Å²) in [5.74, 6) is 0. The Labute approximate surface area is 74.7 Å². The summed E-state index contributed by atoms with van der Waals surface area (Å²) in [6, 6.07) is 0. The summed E-state index contributed by atoms with van der Waals surface area (Å²) in [6.45, 7) is 7.26. The topological polar surface area (TPSA) is 18.5 Å². The van der Waals surface area contributed by atoms with Gasteiger partial charge < -0.3 is 9.47 Å². The molecule has 0 aromatic rings. The van der Waals surface area contributed by atoms with Crippen molar-refractivity contribution in [3.05, 3.63) is 0 Å². The van der Waals surface area contributed by atoms with Gasteiger partial charge in [0.1, 0.15) is 0 Å². The van der Waals surface area contributed by atoms with Gasteiger partial charge in [-0.05, 0) is 13.8 Å². The highest BCUT2D eigenvalue weighted by atomic mass is 32.1. The van der Waals surface area contributed by atoms with Gasteiger partial charge in [0.2, 0.25) is 5.12 Å². The van der Waals surface area contributed by atoms with Crippen molar-refractivity contribution in [2.45, 2.75) is 38.7 Å². The zero-order valence-corrected chi connectivity index (χ0v) is 8.49. The first kappa shape index (κ1) is 11.3. The third-order valence-electron chi connectivity index (χ3n) is 1.31. The fraction of sp³-hybridized carbons (Fsp3) is 1.00. The number of ether oxygens (including phenoxy) is 2. The Kier molecular flexibility index (Phi) is 6.01. The van der Waals surface area contributed by atoms with Gasteiger partial charge in [-0.15, -0.1) is 12.6 Å². The van der Waals surface area contributed by atoms with Crippen molar-refractivity contribution in [1.29, 1.82) is 0 Å². The molecule has 0 aliphatic rings. The lowest BCUT2D eigenvalue weighted by Crippen LogP contribution is -2.29. The Morgan fingerprint density at radius 3 is 1.82 bits per heavy atom. The van der Waals surface area contributed by atoms with Crippen LogP contribution in [0.4, 0.5) is 0 Å². The summed E-state index contributed by atoms with van der Waals surface area (Å²) in [4.78, 5) is 0. The molecule has 0 heterocycles. The molecule has 0 unspecified atom stereocenters. The SMILES string of the molecule is CCCC(S)(OCC)OCC. The highest BCUT2D eigenvalue weighted by molar-refractivity contribution is 7.81. The van der Waals surface area contributed by atoms with E-state index in [-0.39, 0.29) is 0 Å². The van der Waals surface area contributed by atoms with Crippen molar-refractivity contribution in [2.75, 3.05) is 13.2 Å². The van der Waals surface area contributed by atoms with Crippen LogP contribution in [0.25, 0.3) is 0 Å². The lowest BCUT2D eigenvalue weighted by atomic mass is 10.3. The Morgan fingerprint density at radius 1 is 1.09 bits per heavy atom. The third kappa shape index (κ3) is 4.67. The summed E-state index contributed by atoms with van der Waals surface area (Å²) in [7, 11) is 0. The Bertz CT molecular complexity index is 79.1. The van der Waals surface area contributed by atoms with Crippen LogP contribution in [0.15, 0.2) is 0 Å². The van der Waals surface area contributed by atoms with E-state index in [1.54, 1.807) is 0 Å². The van der Waals surface area contributed by atoms with E-state index >= 15 is 0 Å². The van der Waals surface area contributed by atoms with Gasteiger partial charge in [0.05, 0.1) is 0 Å². The molecule has 0 rings (SSSR count). The molecule has 68 valence electrons. The lowest BCUT2D eigenvalue weighted by molar-refractivity contribution is -0.167. The molecule has 0 saturated heterocycles. The fourth-order valence-electron chi connectivity index (χ4n) is 0.953.